The lowest BCUT2D eigenvalue weighted by Gasteiger charge is -2.08. The van der Waals surface area contributed by atoms with Crippen molar-refractivity contribution < 1.29 is 13.9 Å². The Bertz CT molecular complexity index is 294. The molecule has 0 amide bonds. The van der Waals surface area contributed by atoms with Crippen molar-refractivity contribution in [2.45, 2.75) is 12.5 Å². The summed E-state index contributed by atoms with van der Waals surface area (Å²) in [6, 6.07) is 3.35. The number of carbonyl (C=O) groups is 1. The van der Waals surface area contributed by atoms with E-state index < -0.39 is 0 Å². The van der Waals surface area contributed by atoms with E-state index in [0.717, 1.165) is 19.5 Å². The number of hydrogen-bond donors (Lipinski definition) is 1. The Balaban J connectivity index is 0.00000112. The van der Waals surface area contributed by atoms with Crippen molar-refractivity contribution in [1.29, 1.82) is 0 Å². The van der Waals surface area contributed by atoms with Crippen LogP contribution in [0.25, 0.3) is 0 Å². The zero-order valence-electron chi connectivity index (χ0n) is 8.27. The van der Waals surface area contributed by atoms with Crippen molar-refractivity contribution in [2.24, 2.45) is 0 Å². The van der Waals surface area contributed by atoms with Gasteiger partial charge in [0.1, 0.15) is 6.61 Å². The van der Waals surface area contributed by atoms with E-state index >= 15 is 0 Å². The Hall–Kier alpha value is -0.840. The second-order valence-corrected chi connectivity index (χ2v) is 3.33. The molecular weight excluding hydrogens is 218 g/mol. The summed E-state index contributed by atoms with van der Waals surface area (Å²) >= 11 is 0. The van der Waals surface area contributed by atoms with E-state index in [-0.39, 0.29) is 30.9 Å². The molecule has 1 atom stereocenters. The highest BCUT2D eigenvalue weighted by atomic mass is 35.5. The van der Waals surface area contributed by atoms with Crippen LogP contribution in [0, 0.1) is 0 Å². The van der Waals surface area contributed by atoms with Gasteiger partial charge in [0.2, 0.25) is 5.78 Å². The van der Waals surface area contributed by atoms with Crippen LogP contribution >= 0.6 is 12.4 Å². The lowest BCUT2D eigenvalue weighted by molar-refractivity contribution is 0.0509. The molecule has 0 bridgehead atoms. The fourth-order valence-electron chi connectivity index (χ4n) is 1.47. The standard InChI is InChI=1S/C10H13NO3.ClH/c12-9(10-2-1-5-13-10)7-14-8-3-4-11-6-8;/h1-2,5,8,11H,3-4,6-7H2;1H/t8-;/m1./s1. The minimum atomic E-state index is -0.0955. The first kappa shape index (κ1) is 12.2. The van der Waals surface area contributed by atoms with E-state index in [2.05, 4.69) is 5.32 Å². The fraction of sp³-hybridized carbons (Fsp3) is 0.500. The van der Waals surface area contributed by atoms with Crippen LogP contribution in [-0.4, -0.2) is 31.6 Å². The lowest BCUT2D eigenvalue weighted by atomic mass is 10.3. The average Bonchev–Trinajstić information content (AvgIpc) is 2.87. The van der Waals surface area contributed by atoms with Crippen molar-refractivity contribution >= 4 is 18.2 Å². The number of ketones is 1. The van der Waals surface area contributed by atoms with Crippen LogP contribution in [0.5, 0.6) is 0 Å². The predicted octanol–water partition coefficient (Wildman–Crippen LogP) is 1.26. The number of halogens is 1. The van der Waals surface area contributed by atoms with Crippen molar-refractivity contribution in [2.75, 3.05) is 19.7 Å². The summed E-state index contributed by atoms with van der Waals surface area (Å²) in [6.45, 7) is 1.92. The Morgan fingerprint density at radius 3 is 3.13 bits per heavy atom. The number of furan rings is 1. The van der Waals surface area contributed by atoms with Gasteiger partial charge in [-0.25, -0.2) is 0 Å². The van der Waals surface area contributed by atoms with Gasteiger partial charge in [-0.3, -0.25) is 4.79 Å². The summed E-state index contributed by atoms with van der Waals surface area (Å²) in [5.41, 5.74) is 0. The lowest BCUT2D eigenvalue weighted by Crippen LogP contribution is -2.20. The first-order valence-corrected chi connectivity index (χ1v) is 4.75. The Morgan fingerprint density at radius 2 is 2.53 bits per heavy atom. The van der Waals surface area contributed by atoms with Crippen molar-refractivity contribution in [3.05, 3.63) is 24.2 Å². The van der Waals surface area contributed by atoms with E-state index in [0.29, 0.717) is 5.76 Å². The van der Waals surface area contributed by atoms with Crippen LogP contribution in [-0.2, 0) is 4.74 Å². The second-order valence-electron chi connectivity index (χ2n) is 3.33. The molecule has 0 saturated carbocycles. The van der Waals surface area contributed by atoms with Gasteiger partial charge in [-0.2, -0.15) is 0 Å². The molecule has 0 unspecified atom stereocenters. The maximum atomic E-state index is 11.4. The highest BCUT2D eigenvalue weighted by molar-refractivity contribution is 5.94. The third-order valence-electron chi connectivity index (χ3n) is 2.26. The summed E-state index contributed by atoms with van der Waals surface area (Å²) in [6.07, 6.45) is 2.64. The van der Waals surface area contributed by atoms with Crippen LogP contribution < -0.4 is 5.32 Å². The number of ether oxygens (including phenoxy) is 1. The molecule has 0 spiro atoms. The molecule has 1 N–H and O–H groups in total. The van der Waals surface area contributed by atoms with Crippen molar-refractivity contribution in [3.63, 3.8) is 0 Å². The van der Waals surface area contributed by atoms with Gasteiger partial charge in [-0.15, -0.1) is 12.4 Å². The van der Waals surface area contributed by atoms with E-state index in [1.807, 2.05) is 0 Å². The number of carbonyl (C=O) groups excluding carboxylic acids is 1. The molecule has 15 heavy (non-hydrogen) atoms. The molecule has 84 valence electrons. The van der Waals surface area contributed by atoms with E-state index in [9.17, 15) is 4.79 Å². The molecule has 0 aromatic carbocycles. The maximum absolute atomic E-state index is 11.4. The SMILES string of the molecule is Cl.O=C(CO[C@@H]1CCNC1)c1ccco1. The number of rotatable bonds is 4. The zero-order chi connectivity index (χ0) is 9.80. The van der Waals surface area contributed by atoms with Crippen LogP contribution in [0.4, 0.5) is 0 Å². The largest absolute Gasteiger partial charge is 0.461 e. The summed E-state index contributed by atoms with van der Waals surface area (Å²) in [5, 5.41) is 3.17. The summed E-state index contributed by atoms with van der Waals surface area (Å²) in [5.74, 6) is 0.276. The van der Waals surface area contributed by atoms with Crippen molar-refractivity contribution in [1.82, 2.24) is 5.32 Å². The smallest absolute Gasteiger partial charge is 0.223 e. The number of nitrogens with one attached hydrogen (secondary N) is 1. The summed E-state index contributed by atoms with van der Waals surface area (Å²) in [4.78, 5) is 11.4. The van der Waals surface area contributed by atoms with Gasteiger partial charge in [0.15, 0.2) is 5.76 Å². The zero-order valence-corrected chi connectivity index (χ0v) is 9.09. The Labute approximate surface area is 94.4 Å². The number of hydrogen-bond acceptors (Lipinski definition) is 4. The van der Waals surface area contributed by atoms with Gasteiger partial charge >= 0.3 is 0 Å². The third-order valence-corrected chi connectivity index (χ3v) is 2.26. The van der Waals surface area contributed by atoms with Crippen LogP contribution in [0.3, 0.4) is 0 Å². The van der Waals surface area contributed by atoms with Crippen LogP contribution in [0.15, 0.2) is 22.8 Å². The predicted molar refractivity (Wildman–Crippen MR) is 57.5 cm³/mol. The molecule has 1 aliphatic heterocycles. The molecule has 0 aliphatic carbocycles. The highest BCUT2D eigenvalue weighted by Gasteiger charge is 2.17. The maximum Gasteiger partial charge on any atom is 0.223 e. The third kappa shape index (κ3) is 3.34. The first-order valence-electron chi connectivity index (χ1n) is 4.75. The van der Waals surface area contributed by atoms with Gasteiger partial charge in [-0.1, -0.05) is 0 Å². The quantitative estimate of drug-likeness (QED) is 0.793. The summed E-state index contributed by atoms with van der Waals surface area (Å²) in [7, 11) is 0. The molecule has 2 heterocycles. The normalized spacial score (nSPS) is 19.9. The minimum absolute atomic E-state index is 0. The topological polar surface area (TPSA) is 51.5 Å². The van der Waals surface area contributed by atoms with Gasteiger partial charge < -0.3 is 14.5 Å². The van der Waals surface area contributed by atoms with Crippen LogP contribution in [0.1, 0.15) is 17.0 Å². The van der Waals surface area contributed by atoms with Crippen molar-refractivity contribution in [3.8, 4) is 0 Å². The monoisotopic (exact) mass is 231 g/mol. The van der Waals surface area contributed by atoms with Crippen LogP contribution in [0.2, 0.25) is 0 Å². The molecule has 1 aliphatic rings. The Kier molecular flexibility index (Phi) is 4.81. The van der Waals surface area contributed by atoms with E-state index in [1.165, 1.54) is 6.26 Å². The molecule has 2 rings (SSSR count). The minimum Gasteiger partial charge on any atom is -0.461 e. The molecule has 1 saturated heterocycles. The van der Waals surface area contributed by atoms with Gasteiger partial charge in [0.25, 0.3) is 0 Å². The molecule has 0 radical (unpaired) electrons. The van der Waals surface area contributed by atoms with E-state index in [4.69, 9.17) is 9.15 Å². The second kappa shape index (κ2) is 5.90. The van der Waals surface area contributed by atoms with Gasteiger partial charge in [0.05, 0.1) is 12.4 Å². The molecule has 1 aromatic rings. The molecule has 5 heteroatoms. The Morgan fingerprint density at radius 1 is 1.67 bits per heavy atom. The van der Waals surface area contributed by atoms with Gasteiger partial charge in [0, 0.05) is 6.54 Å². The molecular formula is C10H14ClNO3. The molecule has 4 nitrogen and oxygen atoms in total. The first-order chi connectivity index (χ1) is 6.86. The highest BCUT2D eigenvalue weighted by Crippen LogP contribution is 2.06. The van der Waals surface area contributed by atoms with Gasteiger partial charge in [-0.05, 0) is 25.1 Å². The average molecular weight is 232 g/mol. The molecule has 1 fully saturated rings. The summed E-state index contributed by atoms with van der Waals surface area (Å²) < 4.78 is 10.4. The van der Waals surface area contributed by atoms with E-state index in [1.54, 1.807) is 12.1 Å². The molecule has 1 aromatic heterocycles. The number of Topliss-reactive ketones (excluding diaryl/α,β-unsaturated/α-hetero) is 1. The fourth-order valence-corrected chi connectivity index (χ4v) is 1.47.